The van der Waals surface area contributed by atoms with E-state index >= 15 is 0 Å². The minimum absolute atomic E-state index is 0.129. The van der Waals surface area contributed by atoms with Gasteiger partial charge in [-0.2, -0.15) is 0 Å². The second kappa shape index (κ2) is 8.33. The molecule has 1 atom stereocenters. The van der Waals surface area contributed by atoms with E-state index in [1.165, 1.54) is 12.7 Å². The van der Waals surface area contributed by atoms with Crippen LogP contribution in [-0.2, 0) is 7.05 Å². The van der Waals surface area contributed by atoms with Crippen LogP contribution < -0.4 is 10.1 Å². The molecule has 0 bridgehead atoms. The summed E-state index contributed by atoms with van der Waals surface area (Å²) in [6.45, 7) is 0.653. The molecule has 0 spiro atoms. The zero-order valence-electron chi connectivity index (χ0n) is 13.5. The third-order valence-electron chi connectivity index (χ3n) is 3.76. The molecule has 1 heterocycles. The summed E-state index contributed by atoms with van der Waals surface area (Å²) in [5.74, 6) is 0.336. The van der Waals surface area contributed by atoms with Gasteiger partial charge in [-0.3, -0.25) is 9.48 Å². The van der Waals surface area contributed by atoms with Gasteiger partial charge < -0.3 is 15.2 Å². The van der Waals surface area contributed by atoms with Crippen molar-refractivity contribution in [3.63, 3.8) is 0 Å². The van der Waals surface area contributed by atoms with Crippen LogP contribution >= 0.6 is 0 Å². The normalized spacial score (nSPS) is 12.0. The highest BCUT2D eigenvalue weighted by Gasteiger charge is 2.17. The number of methoxy groups -OCH3 is 1. The monoisotopic (exact) mass is 317 g/mol. The Morgan fingerprint density at radius 1 is 1.35 bits per heavy atom. The fourth-order valence-electron chi connectivity index (χ4n) is 2.59. The largest absolute Gasteiger partial charge is 0.479 e. The molecule has 2 rings (SSSR count). The number of hydrogen-bond acceptors (Lipinski definition) is 4. The van der Waals surface area contributed by atoms with Gasteiger partial charge in [0.15, 0.2) is 0 Å². The van der Waals surface area contributed by atoms with Crippen LogP contribution in [0.25, 0.3) is 0 Å². The smallest absolute Gasteiger partial charge is 0.258 e. The highest BCUT2D eigenvalue weighted by atomic mass is 16.5. The van der Waals surface area contributed by atoms with Gasteiger partial charge in [-0.15, -0.1) is 5.10 Å². The molecule has 0 aliphatic rings. The molecule has 2 N–H and O–H groups in total. The Morgan fingerprint density at radius 3 is 2.74 bits per heavy atom. The Morgan fingerprint density at radius 2 is 2.09 bits per heavy atom. The fraction of sp³-hybridized carbons (Fsp3) is 0.412. The number of nitrogens with one attached hydrogen (secondary N) is 1. The molecule has 6 heteroatoms. The van der Waals surface area contributed by atoms with E-state index in [1.807, 2.05) is 30.3 Å². The standard InChI is InChI=1S/C17H23N3O3/c1-20-12-15(17(19-20)23-2)16(22)18-10-8-14(9-11-21)13-6-4-3-5-7-13/h3-7,12,14,21H,8-11H2,1-2H3,(H,18,22). The minimum Gasteiger partial charge on any atom is -0.479 e. The van der Waals surface area contributed by atoms with Gasteiger partial charge in [0.2, 0.25) is 5.88 Å². The lowest BCUT2D eigenvalue weighted by atomic mass is 9.93. The summed E-state index contributed by atoms with van der Waals surface area (Å²) in [4.78, 5) is 12.2. The summed E-state index contributed by atoms with van der Waals surface area (Å²) in [5, 5.41) is 16.2. The van der Waals surface area contributed by atoms with Crippen molar-refractivity contribution in [3.8, 4) is 5.88 Å². The molecule has 1 aromatic carbocycles. The summed E-state index contributed by atoms with van der Waals surface area (Å²) in [7, 11) is 3.23. The second-order valence-electron chi connectivity index (χ2n) is 5.39. The van der Waals surface area contributed by atoms with Crippen molar-refractivity contribution in [2.24, 2.45) is 7.05 Å². The van der Waals surface area contributed by atoms with Gasteiger partial charge in [-0.1, -0.05) is 30.3 Å². The molecule has 6 nitrogen and oxygen atoms in total. The number of carbonyl (C=O) groups excluding carboxylic acids is 1. The van der Waals surface area contributed by atoms with Crippen LogP contribution in [0.4, 0.5) is 0 Å². The predicted octanol–water partition coefficient (Wildman–Crippen LogP) is 1.71. The van der Waals surface area contributed by atoms with E-state index in [0.717, 1.165) is 6.42 Å². The third kappa shape index (κ3) is 4.56. The summed E-state index contributed by atoms with van der Waals surface area (Å²) in [6, 6.07) is 10.0. The Bertz CT molecular complexity index is 625. The number of rotatable bonds is 8. The van der Waals surface area contributed by atoms with Crippen molar-refractivity contribution < 1.29 is 14.6 Å². The van der Waals surface area contributed by atoms with E-state index in [4.69, 9.17) is 4.74 Å². The van der Waals surface area contributed by atoms with E-state index in [0.29, 0.717) is 24.4 Å². The van der Waals surface area contributed by atoms with Crippen molar-refractivity contribution in [1.29, 1.82) is 0 Å². The third-order valence-corrected chi connectivity index (χ3v) is 3.76. The number of nitrogens with zero attached hydrogens (tertiary/aromatic N) is 2. The topological polar surface area (TPSA) is 76.4 Å². The van der Waals surface area contributed by atoms with Crippen molar-refractivity contribution >= 4 is 5.91 Å². The number of hydrogen-bond donors (Lipinski definition) is 2. The second-order valence-corrected chi connectivity index (χ2v) is 5.39. The number of aliphatic hydroxyl groups is 1. The quantitative estimate of drug-likeness (QED) is 0.777. The number of benzene rings is 1. The average Bonchev–Trinajstić information content (AvgIpc) is 2.96. The van der Waals surface area contributed by atoms with E-state index in [1.54, 1.807) is 17.9 Å². The molecule has 0 saturated carbocycles. The fourth-order valence-corrected chi connectivity index (χ4v) is 2.59. The van der Waals surface area contributed by atoms with Crippen LogP contribution in [0.15, 0.2) is 36.5 Å². The van der Waals surface area contributed by atoms with Gasteiger partial charge in [0.1, 0.15) is 5.56 Å². The molecule has 2 aromatic rings. The van der Waals surface area contributed by atoms with E-state index in [-0.39, 0.29) is 18.4 Å². The molecule has 0 fully saturated rings. The summed E-state index contributed by atoms with van der Waals surface area (Å²) in [6.07, 6.45) is 3.07. The molecular formula is C17H23N3O3. The Labute approximate surface area is 136 Å². The van der Waals surface area contributed by atoms with Crippen LogP contribution in [0, 0.1) is 0 Å². The van der Waals surface area contributed by atoms with Crippen molar-refractivity contribution in [2.45, 2.75) is 18.8 Å². The van der Waals surface area contributed by atoms with Gasteiger partial charge in [-0.25, -0.2) is 0 Å². The van der Waals surface area contributed by atoms with Crippen LogP contribution in [0.1, 0.15) is 34.7 Å². The highest BCUT2D eigenvalue weighted by molar-refractivity contribution is 5.96. The Hall–Kier alpha value is -2.34. The average molecular weight is 317 g/mol. The van der Waals surface area contributed by atoms with Gasteiger partial charge in [0, 0.05) is 26.4 Å². The highest BCUT2D eigenvalue weighted by Crippen LogP contribution is 2.22. The first-order valence-electron chi connectivity index (χ1n) is 7.67. The van der Waals surface area contributed by atoms with Crippen LogP contribution in [0.2, 0.25) is 0 Å². The molecule has 0 radical (unpaired) electrons. The van der Waals surface area contributed by atoms with Gasteiger partial charge in [-0.05, 0) is 24.3 Å². The van der Waals surface area contributed by atoms with E-state index in [2.05, 4.69) is 10.4 Å². The van der Waals surface area contributed by atoms with Crippen molar-refractivity contribution in [2.75, 3.05) is 20.3 Å². The SMILES string of the molecule is COc1nn(C)cc1C(=O)NCCC(CCO)c1ccccc1. The summed E-state index contributed by atoms with van der Waals surface area (Å²) in [5.41, 5.74) is 1.60. The first-order valence-corrected chi connectivity index (χ1v) is 7.67. The zero-order valence-corrected chi connectivity index (χ0v) is 13.5. The molecule has 124 valence electrons. The molecule has 0 aliphatic carbocycles. The Balaban J connectivity index is 1.93. The number of ether oxygens (including phenoxy) is 1. The number of amides is 1. The number of aryl methyl sites for hydroxylation is 1. The minimum atomic E-state index is -0.203. The van der Waals surface area contributed by atoms with Crippen LogP contribution in [0.3, 0.4) is 0 Å². The maximum Gasteiger partial charge on any atom is 0.258 e. The molecule has 0 saturated heterocycles. The Kier molecular flexibility index (Phi) is 6.17. The van der Waals surface area contributed by atoms with Crippen LogP contribution in [-0.4, -0.2) is 41.1 Å². The summed E-state index contributed by atoms with van der Waals surface area (Å²) >= 11 is 0. The number of aliphatic hydroxyl groups excluding tert-OH is 1. The molecule has 23 heavy (non-hydrogen) atoms. The van der Waals surface area contributed by atoms with Gasteiger partial charge >= 0.3 is 0 Å². The van der Waals surface area contributed by atoms with E-state index < -0.39 is 0 Å². The number of carbonyl (C=O) groups is 1. The number of aromatic nitrogens is 2. The van der Waals surface area contributed by atoms with Gasteiger partial charge in [0.05, 0.1) is 7.11 Å². The molecular weight excluding hydrogens is 294 g/mol. The summed E-state index contributed by atoms with van der Waals surface area (Å²) < 4.78 is 6.64. The lowest BCUT2D eigenvalue weighted by molar-refractivity contribution is 0.0949. The first-order chi connectivity index (χ1) is 11.2. The van der Waals surface area contributed by atoms with Crippen molar-refractivity contribution in [3.05, 3.63) is 47.7 Å². The first kappa shape index (κ1) is 17.0. The molecule has 1 amide bonds. The lowest BCUT2D eigenvalue weighted by Crippen LogP contribution is -2.26. The zero-order chi connectivity index (χ0) is 16.7. The maximum absolute atomic E-state index is 12.2. The van der Waals surface area contributed by atoms with Crippen LogP contribution in [0.5, 0.6) is 5.88 Å². The van der Waals surface area contributed by atoms with Gasteiger partial charge in [0.25, 0.3) is 5.91 Å². The molecule has 1 aromatic heterocycles. The maximum atomic E-state index is 12.2. The van der Waals surface area contributed by atoms with E-state index in [9.17, 15) is 9.90 Å². The molecule has 0 aliphatic heterocycles. The van der Waals surface area contributed by atoms with Crippen molar-refractivity contribution in [1.82, 2.24) is 15.1 Å². The predicted molar refractivity (Wildman–Crippen MR) is 87.6 cm³/mol. The lowest BCUT2D eigenvalue weighted by Gasteiger charge is -2.16. The molecule has 1 unspecified atom stereocenters.